The second-order valence-corrected chi connectivity index (χ2v) is 7.86. The number of hydrogen-bond acceptors (Lipinski definition) is 5. The third kappa shape index (κ3) is 4.55. The Morgan fingerprint density at radius 1 is 1.35 bits per heavy atom. The van der Waals surface area contributed by atoms with Crippen molar-refractivity contribution in [3.05, 3.63) is 63.7 Å². The minimum Gasteiger partial charge on any atom is -0.441 e. The summed E-state index contributed by atoms with van der Waals surface area (Å²) in [5, 5.41) is 10.8. The number of amides is 2. The Morgan fingerprint density at radius 3 is 2.76 bits per heavy atom. The van der Waals surface area contributed by atoms with E-state index in [1.807, 2.05) is 0 Å². The molecule has 1 aromatic carbocycles. The fourth-order valence-corrected chi connectivity index (χ4v) is 4.17. The number of alkyl halides is 3. The van der Waals surface area contributed by atoms with Gasteiger partial charge in [0.15, 0.2) is 12.4 Å². The van der Waals surface area contributed by atoms with E-state index in [1.165, 1.54) is 12.4 Å². The van der Waals surface area contributed by atoms with Gasteiger partial charge < -0.3 is 19.9 Å². The van der Waals surface area contributed by atoms with Crippen LogP contribution in [0.2, 0.25) is 5.02 Å². The first-order chi connectivity index (χ1) is 16.1. The van der Waals surface area contributed by atoms with E-state index in [2.05, 4.69) is 25.8 Å². The second kappa shape index (κ2) is 8.97. The van der Waals surface area contributed by atoms with Crippen molar-refractivity contribution in [2.24, 2.45) is 7.05 Å². The van der Waals surface area contributed by atoms with Gasteiger partial charge in [-0.05, 0) is 36.6 Å². The fraction of sp³-hybridized carbons (Fsp3) is 0.300. The summed E-state index contributed by atoms with van der Waals surface area (Å²) in [5.74, 6) is -1.34. The van der Waals surface area contributed by atoms with Gasteiger partial charge in [-0.2, -0.15) is 18.3 Å². The highest BCUT2D eigenvalue weighted by Crippen LogP contribution is 2.44. The van der Waals surface area contributed by atoms with Gasteiger partial charge in [-0.1, -0.05) is 11.6 Å². The number of ether oxygens (including phenoxy) is 1. The highest BCUT2D eigenvalue weighted by Gasteiger charge is 2.45. The van der Waals surface area contributed by atoms with E-state index < -0.39 is 35.7 Å². The number of alkyl carbamates (subject to hydrolysis) is 1. The molecule has 2 amide bonds. The fourth-order valence-electron chi connectivity index (χ4n) is 3.99. The Labute approximate surface area is 194 Å². The van der Waals surface area contributed by atoms with Crippen molar-refractivity contribution in [3.63, 3.8) is 0 Å². The van der Waals surface area contributed by atoms with Crippen LogP contribution in [0.5, 0.6) is 0 Å². The number of benzene rings is 1. The topological polar surface area (TPSA) is 114 Å². The summed E-state index contributed by atoms with van der Waals surface area (Å²) >= 11 is 5.72. The molecule has 1 aliphatic carbocycles. The van der Waals surface area contributed by atoms with E-state index in [-0.39, 0.29) is 52.8 Å². The predicted molar refractivity (Wildman–Crippen MR) is 111 cm³/mol. The number of anilines is 1. The molecule has 0 aliphatic heterocycles. The molecule has 0 fully saturated rings. The quantitative estimate of drug-likeness (QED) is 0.456. The highest BCUT2D eigenvalue weighted by atomic mass is 35.5. The van der Waals surface area contributed by atoms with Crippen LogP contribution in [0, 0.1) is 5.82 Å². The lowest BCUT2D eigenvalue weighted by atomic mass is 10.1. The van der Waals surface area contributed by atoms with Crippen LogP contribution in [-0.2, 0) is 31.0 Å². The van der Waals surface area contributed by atoms with Gasteiger partial charge in [0.05, 0.1) is 11.1 Å². The maximum Gasteiger partial charge on any atom is 0.431 e. The number of rotatable bonds is 5. The zero-order valence-corrected chi connectivity index (χ0v) is 18.2. The lowest BCUT2D eigenvalue weighted by molar-refractivity contribution is -0.143. The Kier molecular flexibility index (Phi) is 6.21. The number of halogens is 5. The first kappa shape index (κ1) is 23.5. The molecule has 0 radical (unpaired) electrons. The molecule has 14 heteroatoms. The number of aromatic nitrogens is 4. The van der Waals surface area contributed by atoms with Crippen LogP contribution >= 0.6 is 11.6 Å². The van der Waals surface area contributed by atoms with Gasteiger partial charge in [0.2, 0.25) is 0 Å². The van der Waals surface area contributed by atoms with Crippen LogP contribution in [0.4, 0.5) is 28.0 Å². The van der Waals surface area contributed by atoms with Crippen molar-refractivity contribution < 1.29 is 31.9 Å². The normalized spacial score (nSPS) is 15.2. The van der Waals surface area contributed by atoms with Gasteiger partial charge in [0.1, 0.15) is 23.5 Å². The molecule has 3 aromatic rings. The molecule has 0 spiro atoms. The highest BCUT2D eigenvalue weighted by molar-refractivity contribution is 6.31. The monoisotopic (exact) mass is 500 g/mol. The molecule has 180 valence electrons. The van der Waals surface area contributed by atoms with Gasteiger partial charge in [0, 0.05) is 18.3 Å². The predicted octanol–water partition coefficient (Wildman–Crippen LogP) is 4.12. The van der Waals surface area contributed by atoms with E-state index in [0.29, 0.717) is 0 Å². The van der Waals surface area contributed by atoms with Gasteiger partial charge in [-0.15, -0.1) is 0 Å². The molecular formula is C20H17ClF4N6O3. The summed E-state index contributed by atoms with van der Waals surface area (Å²) < 4.78 is 61.0. The van der Waals surface area contributed by atoms with Crippen LogP contribution in [0.25, 0.3) is 0 Å². The minimum absolute atomic E-state index is 0.109. The summed E-state index contributed by atoms with van der Waals surface area (Å²) in [4.78, 5) is 28.9. The molecule has 34 heavy (non-hydrogen) atoms. The Balaban J connectivity index is 1.61. The number of carbonyl (C=O) groups excluding carboxylic acids is 2. The van der Waals surface area contributed by atoms with Gasteiger partial charge in [0.25, 0.3) is 5.91 Å². The average Bonchev–Trinajstić information content (AvgIpc) is 3.46. The largest absolute Gasteiger partial charge is 0.441 e. The molecule has 0 bridgehead atoms. The molecule has 0 saturated heterocycles. The molecule has 3 N–H and O–H groups in total. The first-order valence-electron chi connectivity index (χ1n) is 9.89. The molecule has 1 unspecified atom stereocenters. The van der Waals surface area contributed by atoms with E-state index in [4.69, 9.17) is 16.3 Å². The molecule has 2 heterocycles. The number of carbonyl (C=O) groups is 2. The van der Waals surface area contributed by atoms with Crippen molar-refractivity contribution in [1.82, 2.24) is 25.1 Å². The summed E-state index contributed by atoms with van der Waals surface area (Å²) in [7, 11) is 1.12. The van der Waals surface area contributed by atoms with Crippen molar-refractivity contribution in [3.8, 4) is 0 Å². The zero-order chi connectivity index (χ0) is 24.6. The standard InChI is InChI=1S/C20H17ClF4N6O3/c1-31-16(18(32)28-9-2-4-12(22)11(21)6-9)10-3-5-13(15(10)17(31)20(23,24)25)29-19(33)34-7-14-26-8-27-30-14/h2,4,6,8,13H,3,5,7H2,1H3,(H,28,32)(H,29,33)(H,26,27,30). The van der Waals surface area contributed by atoms with Crippen LogP contribution < -0.4 is 10.6 Å². The molecule has 9 nitrogen and oxygen atoms in total. The van der Waals surface area contributed by atoms with Crippen LogP contribution in [0.15, 0.2) is 24.5 Å². The number of nitrogens with one attached hydrogen (secondary N) is 3. The van der Waals surface area contributed by atoms with Crippen LogP contribution in [0.3, 0.4) is 0 Å². The van der Waals surface area contributed by atoms with E-state index in [0.717, 1.165) is 23.7 Å². The van der Waals surface area contributed by atoms with Crippen LogP contribution in [0.1, 0.15) is 45.6 Å². The lowest BCUT2D eigenvalue weighted by Gasteiger charge is -2.18. The Hall–Kier alpha value is -3.61. The number of hydrogen-bond donors (Lipinski definition) is 3. The van der Waals surface area contributed by atoms with Gasteiger partial charge >= 0.3 is 12.3 Å². The number of nitrogens with zero attached hydrogens (tertiary/aromatic N) is 3. The summed E-state index contributed by atoms with van der Waals surface area (Å²) in [5.41, 5.74) is -1.21. The SMILES string of the molecule is Cn1c(C(=O)Nc2ccc(F)c(Cl)c2)c2c(c1C(F)(F)F)C(NC(=O)OCc1nc[nH]n1)CC2. The van der Waals surface area contributed by atoms with Crippen molar-refractivity contribution in [2.45, 2.75) is 31.7 Å². The minimum atomic E-state index is -4.80. The molecule has 0 saturated carbocycles. The number of aromatic amines is 1. The third-order valence-corrected chi connectivity index (χ3v) is 5.61. The average molecular weight is 501 g/mol. The Morgan fingerprint density at radius 2 is 2.12 bits per heavy atom. The molecule has 1 aliphatic rings. The van der Waals surface area contributed by atoms with Crippen molar-refractivity contribution >= 4 is 29.3 Å². The maximum absolute atomic E-state index is 14.0. The third-order valence-electron chi connectivity index (χ3n) is 5.32. The molecular weight excluding hydrogens is 484 g/mol. The molecule has 1 atom stereocenters. The zero-order valence-electron chi connectivity index (χ0n) is 17.5. The second-order valence-electron chi connectivity index (χ2n) is 7.46. The van der Waals surface area contributed by atoms with E-state index in [1.54, 1.807) is 0 Å². The van der Waals surface area contributed by atoms with Gasteiger partial charge in [-0.3, -0.25) is 9.89 Å². The smallest absolute Gasteiger partial charge is 0.431 e. The summed E-state index contributed by atoms with van der Waals surface area (Å²) in [6, 6.07) is 2.39. The van der Waals surface area contributed by atoms with E-state index >= 15 is 0 Å². The van der Waals surface area contributed by atoms with Gasteiger partial charge in [-0.25, -0.2) is 14.2 Å². The molecule has 4 rings (SSSR count). The Bertz CT molecular complexity index is 1240. The lowest BCUT2D eigenvalue weighted by Crippen LogP contribution is -2.29. The van der Waals surface area contributed by atoms with Crippen molar-refractivity contribution in [2.75, 3.05) is 5.32 Å². The van der Waals surface area contributed by atoms with E-state index in [9.17, 15) is 27.2 Å². The number of H-pyrrole nitrogens is 1. The number of fused-ring (bicyclic) bond motifs is 1. The summed E-state index contributed by atoms with van der Waals surface area (Å²) in [6.45, 7) is -0.274. The first-order valence-corrected chi connectivity index (χ1v) is 10.3. The molecule has 2 aromatic heterocycles. The maximum atomic E-state index is 14.0. The summed E-state index contributed by atoms with van der Waals surface area (Å²) in [6.07, 6.45) is -4.23. The van der Waals surface area contributed by atoms with Crippen LogP contribution in [-0.4, -0.2) is 31.7 Å². The van der Waals surface area contributed by atoms with Crippen molar-refractivity contribution in [1.29, 1.82) is 0 Å².